The van der Waals surface area contributed by atoms with Crippen molar-refractivity contribution in [1.82, 2.24) is 0 Å². The summed E-state index contributed by atoms with van der Waals surface area (Å²) >= 11 is 0. The van der Waals surface area contributed by atoms with Crippen LogP contribution in [0.25, 0.3) is 32.9 Å². The minimum Gasteiger partial charge on any atom is -0.504 e. The molecule has 0 aliphatic carbocycles. The summed E-state index contributed by atoms with van der Waals surface area (Å²) in [7, 11) is 0. The smallest absolute Gasteiger partial charge is 0.351 e. The number of benzene rings is 2. The van der Waals surface area contributed by atoms with Crippen LogP contribution in [0.3, 0.4) is 0 Å². The van der Waals surface area contributed by atoms with Crippen molar-refractivity contribution in [3.8, 4) is 5.75 Å². The summed E-state index contributed by atoms with van der Waals surface area (Å²) in [5.74, 6) is -0.178. The molecule has 0 unspecified atom stereocenters. The first-order chi connectivity index (χ1) is 10.2. The third-order valence-electron chi connectivity index (χ3n) is 3.44. The molecule has 0 amide bonds. The average molecular weight is 280 g/mol. The maximum Gasteiger partial charge on any atom is 0.351 e. The summed E-state index contributed by atoms with van der Waals surface area (Å²) < 4.78 is 10.8. The van der Waals surface area contributed by atoms with Crippen LogP contribution in [0, 0.1) is 0 Å². The van der Waals surface area contributed by atoms with Gasteiger partial charge in [-0.15, -0.1) is 0 Å². The molecule has 102 valence electrons. The van der Waals surface area contributed by atoms with Gasteiger partial charge in [0, 0.05) is 0 Å². The standard InChI is InChI=1S/C16H8O5/c17-10-6-3-5-9-14(10)21-16(19)12-13(18)8-4-1-2-7-11(8)20-15(9)12/h1-7,17H. The number of fused-ring (bicyclic) bond motifs is 4. The first-order valence-corrected chi connectivity index (χ1v) is 6.27. The van der Waals surface area contributed by atoms with Gasteiger partial charge in [0.25, 0.3) is 0 Å². The van der Waals surface area contributed by atoms with E-state index < -0.39 is 11.1 Å². The summed E-state index contributed by atoms with van der Waals surface area (Å²) in [5.41, 5.74) is -0.746. The fraction of sp³-hybridized carbons (Fsp3) is 0. The Morgan fingerprint density at radius 1 is 0.810 bits per heavy atom. The highest BCUT2D eigenvalue weighted by molar-refractivity contribution is 6.04. The molecule has 0 atom stereocenters. The van der Waals surface area contributed by atoms with Gasteiger partial charge in [0.2, 0.25) is 5.43 Å². The van der Waals surface area contributed by atoms with E-state index in [2.05, 4.69) is 0 Å². The van der Waals surface area contributed by atoms with E-state index in [1.54, 1.807) is 36.4 Å². The van der Waals surface area contributed by atoms with Crippen molar-refractivity contribution in [2.75, 3.05) is 0 Å². The van der Waals surface area contributed by atoms with E-state index in [0.29, 0.717) is 16.4 Å². The van der Waals surface area contributed by atoms with E-state index in [-0.39, 0.29) is 22.3 Å². The van der Waals surface area contributed by atoms with Gasteiger partial charge in [-0.3, -0.25) is 4.79 Å². The van der Waals surface area contributed by atoms with Crippen molar-refractivity contribution >= 4 is 32.9 Å². The minimum atomic E-state index is -0.821. The molecule has 0 saturated carbocycles. The monoisotopic (exact) mass is 280 g/mol. The first kappa shape index (κ1) is 11.7. The van der Waals surface area contributed by atoms with Crippen molar-refractivity contribution < 1.29 is 13.9 Å². The molecule has 2 heterocycles. The van der Waals surface area contributed by atoms with Gasteiger partial charge in [0.15, 0.2) is 22.3 Å². The summed E-state index contributed by atoms with van der Waals surface area (Å²) in [6, 6.07) is 11.3. The van der Waals surface area contributed by atoms with Crippen LogP contribution in [-0.2, 0) is 0 Å². The predicted molar refractivity (Wildman–Crippen MR) is 77.7 cm³/mol. The lowest BCUT2D eigenvalue weighted by Crippen LogP contribution is -2.13. The molecule has 0 aliphatic heterocycles. The third kappa shape index (κ3) is 1.51. The van der Waals surface area contributed by atoms with Crippen LogP contribution in [0.2, 0.25) is 0 Å². The fourth-order valence-electron chi connectivity index (χ4n) is 2.47. The van der Waals surface area contributed by atoms with Gasteiger partial charge in [-0.2, -0.15) is 0 Å². The van der Waals surface area contributed by atoms with Crippen molar-refractivity contribution in [3.05, 3.63) is 63.1 Å². The molecule has 0 fully saturated rings. The number of hydrogen-bond donors (Lipinski definition) is 1. The van der Waals surface area contributed by atoms with Crippen LogP contribution in [0.5, 0.6) is 5.75 Å². The summed E-state index contributed by atoms with van der Waals surface area (Å²) in [6.45, 7) is 0. The maximum absolute atomic E-state index is 12.5. The fourth-order valence-corrected chi connectivity index (χ4v) is 2.47. The number of hydrogen-bond acceptors (Lipinski definition) is 5. The highest BCUT2D eigenvalue weighted by Gasteiger charge is 2.17. The molecule has 0 saturated heterocycles. The number of phenols is 1. The lowest BCUT2D eigenvalue weighted by molar-refractivity contribution is 0.458. The molecule has 0 aliphatic rings. The molecule has 5 nitrogen and oxygen atoms in total. The Bertz CT molecular complexity index is 1130. The molecule has 4 aromatic rings. The van der Waals surface area contributed by atoms with Crippen molar-refractivity contribution in [1.29, 1.82) is 0 Å². The van der Waals surface area contributed by atoms with Crippen molar-refractivity contribution in [3.63, 3.8) is 0 Å². The number of rotatable bonds is 0. The number of phenolic OH excluding ortho intramolecular Hbond substituents is 1. The first-order valence-electron chi connectivity index (χ1n) is 6.27. The van der Waals surface area contributed by atoms with Gasteiger partial charge in [0.1, 0.15) is 5.58 Å². The van der Waals surface area contributed by atoms with Gasteiger partial charge in [-0.1, -0.05) is 18.2 Å². The maximum atomic E-state index is 12.5. The van der Waals surface area contributed by atoms with Crippen LogP contribution >= 0.6 is 0 Å². The normalized spacial score (nSPS) is 11.4. The molecule has 5 heteroatoms. The molecule has 4 rings (SSSR count). The predicted octanol–water partition coefficient (Wildman–Crippen LogP) is 2.76. The Balaban J connectivity index is 2.42. The number of aromatic hydroxyl groups is 1. The van der Waals surface area contributed by atoms with Crippen molar-refractivity contribution in [2.45, 2.75) is 0 Å². The Morgan fingerprint density at radius 3 is 2.43 bits per heavy atom. The zero-order valence-electron chi connectivity index (χ0n) is 10.6. The van der Waals surface area contributed by atoms with Crippen LogP contribution in [0.15, 0.2) is 60.9 Å². The van der Waals surface area contributed by atoms with Gasteiger partial charge in [-0.25, -0.2) is 4.79 Å². The Labute approximate surface area is 116 Å². The van der Waals surface area contributed by atoms with E-state index in [4.69, 9.17) is 8.83 Å². The largest absolute Gasteiger partial charge is 0.504 e. The second-order valence-electron chi connectivity index (χ2n) is 4.67. The van der Waals surface area contributed by atoms with Gasteiger partial charge < -0.3 is 13.9 Å². The highest BCUT2D eigenvalue weighted by atomic mass is 16.4. The summed E-state index contributed by atoms with van der Waals surface area (Å²) in [6.07, 6.45) is 0. The quantitative estimate of drug-likeness (QED) is 0.304. The molecule has 2 aromatic carbocycles. The van der Waals surface area contributed by atoms with Gasteiger partial charge in [0.05, 0.1) is 10.8 Å². The molecule has 1 N–H and O–H groups in total. The molecule has 0 radical (unpaired) electrons. The third-order valence-corrected chi connectivity index (χ3v) is 3.44. The van der Waals surface area contributed by atoms with E-state index in [9.17, 15) is 14.7 Å². The van der Waals surface area contributed by atoms with Crippen LogP contribution in [0.1, 0.15) is 0 Å². The van der Waals surface area contributed by atoms with Crippen LogP contribution < -0.4 is 11.1 Å². The average Bonchev–Trinajstić information content (AvgIpc) is 2.48. The van der Waals surface area contributed by atoms with Crippen LogP contribution in [0.4, 0.5) is 0 Å². The van der Waals surface area contributed by atoms with E-state index in [1.807, 2.05) is 0 Å². The minimum absolute atomic E-state index is 0.00781. The van der Waals surface area contributed by atoms with E-state index >= 15 is 0 Å². The zero-order valence-corrected chi connectivity index (χ0v) is 10.6. The second-order valence-corrected chi connectivity index (χ2v) is 4.67. The lowest BCUT2D eigenvalue weighted by Gasteiger charge is -2.04. The van der Waals surface area contributed by atoms with Gasteiger partial charge in [-0.05, 0) is 24.3 Å². The molecule has 0 bridgehead atoms. The summed E-state index contributed by atoms with van der Waals surface area (Å²) in [4.78, 5) is 24.5. The van der Waals surface area contributed by atoms with E-state index in [0.717, 1.165) is 0 Å². The van der Waals surface area contributed by atoms with Crippen molar-refractivity contribution in [2.24, 2.45) is 0 Å². The molecule has 0 spiro atoms. The second kappa shape index (κ2) is 3.96. The SMILES string of the molecule is O=c1oc2c(O)cccc2c2oc3ccccc3c(=O)c12. The molecular formula is C16H8O5. The Morgan fingerprint density at radius 2 is 1.57 bits per heavy atom. The molecule has 21 heavy (non-hydrogen) atoms. The van der Waals surface area contributed by atoms with E-state index in [1.165, 1.54) is 6.07 Å². The van der Waals surface area contributed by atoms with Gasteiger partial charge >= 0.3 is 5.63 Å². The van der Waals surface area contributed by atoms with Crippen LogP contribution in [-0.4, -0.2) is 5.11 Å². The molecular weight excluding hydrogens is 272 g/mol. The number of para-hydroxylation sites is 2. The summed E-state index contributed by atoms with van der Waals surface area (Å²) in [5, 5.41) is 10.3. The zero-order chi connectivity index (χ0) is 14.6. The lowest BCUT2D eigenvalue weighted by atomic mass is 10.1. The molecule has 2 aromatic heterocycles. The topological polar surface area (TPSA) is 80.7 Å². The Hall–Kier alpha value is -3.08. The highest BCUT2D eigenvalue weighted by Crippen LogP contribution is 2.29. The Kier molecular flexibility index (Phi) is 2.21.